The van der Waals surface area contributed by atoms with Crippen LogP contribution in [0.25, 0.3) is 0 Å². The van der Waals surface area contributed by atoms with E-state index in [2.05, 4.69) is 25.9 Å². The molecule has 0 amide bonds. The van der Waals surface area contributed by atoms with Crippen molar-refractivity contribution < 1.29 is 9.47 Å². The Kier molecular flexibility index (Phi) is 6.78. The van der Waals surface area contributed by atoms with Crippen molar-refractivity contribution in [1.29, 1.82) is 0 Å². The maximum absolute atomic E-state index is 5.58. The molecule has 3 rings (SSSR count). The SMILES string of the molecule is CCOc1ccc(Nc2cc(C)nc(NC(=S)NC[C@H]3CCCO3)n2)cc1. The first-order valence-electron chi connectivity index (χ1n) is 9.14. The second-order valence-corrected chi connectivity index (χ2v) is 6.68. The predicted octanol–water partition coefficient (Wildman–Crippen LogP) is 3.39. The van der Waals surface area contributed by atoms with Gasteiger partial charge in [0.1, 0.15) is 11.6 Å². The van der Waals surface area contributed by atoms with Gasteiger partial charge in [-0.05, 0) is 63.2 Å². The predicted molar refractivity (Wildman–Crippen MR) is 111 cm³/mol. The molecule has 0 saturated carbocycles. The lowest BCUT2D eigenvalue weighted by Crippen LogP contribution is -2.35. The van der Waals surface area contributed by atoms with Gasteiger partial charge in [0, 0.05) is 30.6 Å². The van der Waals surface area contributed by atoms with E-state index in [4.69, 9.17) is 21.7 Å². The third kappa shape index (κ3) is 6.04. The number of anilines is 3. The minimum absolute atomic E-state index is 0.222. The molecule has 8 heteroatoms. The summed E-state index contributed by atoms with van der Waals surface area (Å²) in [6, 6.07) is 9.61. The van der Waals surface area contributed by atoms with Crippen molar-refractivity contribution in [2.24, 2.45) is 0 Å². The largest absolute Gasteiger partial charge is 0.494 e. The summed E-state index contributed by atoms with van der Waals surface area (Å²) in [6.45, 7) is 6.04. The van der Waals surface area contributed by atoms with Crippen molar-refractivity contribution in [3.8, 4) is 5.75 Å². The average Bonchev–Trinajstić information content (AvgIpc) is 3.15. The molecule has 27 heavy (non-hydrogen) atoms. The highest BCUT2D eigenvalue weighted by molar-refractivity contribution is 7.80. The Morgan fingerprint density at radius 3 is 2.81 bits per heavy atom. The van der Waals surface area contributed by atoms with Crippen molar-refractivity contribution in [3.63, 3.8) is 0 Å². The third-order valence-corrected chi connectivity index (χ3v) is 4.28. The monoisotopic (exact) mass is 387 g/mol. The number of aryl methyl sites for hydroxylation is 1. The second-order valence-electron chi connectivity index (χ2n) is 6.27. The Balaban J connectivity index is 1.58. The molecule has 1 aliphatic rings. The van der Waals surface area contributed by atoms with E-state index in [9.17, 15) is 0 Å². The van der Waals surface area contributed by atoms with Crippen molar-refractivity contribution in [1.82, 2.24) is 15.3 Å². The van der Waals surface area contributed by atoms with Crippen molar-refractivity contribution in [2.75, 3.05) is 30.4 Å². The van der Waals surface area contributed by atoms with Gasteiger partial charge in [0.25, 0.3) is 0 Å². The lowest BCUT2D eigenvalue weighted by atomic mass is 10.2. The maximum Gasteiger partial charge on any atom is 0.231 e. The summed E-state index contributed by atoms with van der Waals surface area (Å²) in [5, 5.41) is 9.97. The summed E-state index contributed by atoms with van der Waals surface area (Å²) < 4.78 is 11.0. The molecule has 1 atom stereocenters. The van der Waals surface area contributed by atoms with Crippen LogP contribution in [0, 0.1) is 6.92 Å². The topological polar surface area (TPSA) is 80.3 Å². The van der Waals surface area contributed by atoms with Gasteiger partial charge in [-0.2, -0.15) is 4.98 Å². The van der Waals surface area contributed by atoms with Gasteiger partial charge in [-0.1, -0.05) is 0 Å². The molecule has 7 nitrogen and oxygen atoms in total. The van der Waals surface area contributed by atoms with Crippen molar-refractivity contribution >= 4 is 34.8 Å². The summed E-state index contributed by atoms with van der Waals surface area (Å²) in [4.78, 5) is 8.88. The lowest BCUT2D eigenvalue weighted by Gasteiger charge is -2.14. The molecule has 0 aliphatic carbocycles. The fourth-order valence-corrected chi connectivity index (χ4v) is 2.97. The number of ether oxygens (including phenoxy) is 2. The van der Waals surface area contributed by atoms with Crippen LogP contribution in [0.5, 0.6) is 5.75 Å². The van der Waals surface area contributed by atoms with E-state index in [-0.39, 0.29) is 6.10 Å². The molecule has 144 valence electrons. The smallest absolute Gasteiger partial charge is 0.231 e. The molecule has 0 unspecified atom stereocenters. The van der Waals surface area contributed by atoms with Gasteiger partial charge in [-0.3, -0.25) is 0 Å². The zero-order valence-corrected chi connectivity index (χ0v) is 16.4. The van der Waals surface area contributed by atoms with Gasteiger partial charge in [0.2, 0.25) is 5.95 Å². The number of hydrogen-bond donors (Lipinski definition) is 3. The molecule has 0 spiro atoms. The molecule has 2 aromatic rings. The van der Waals surface area contributed by atoms with Crippen LogP contribution in [-0.4, -0.2) is 40.9 Å². The molecule has 1 aromatic carbocycles. The molecule has 2 heterocycles. The first kappa shape index (κ1) is 19.3. The first-order chi connectivity index (χ1) is 13.1. The quantitative estimate of drug-likeness (QED) is 0.624. The van der Waals surface area contributed by atoms with Crippen LogP contribution in [0.4, 0.5) is 17.5 Å². The van der Waals surface area contributed by atoms with E-state index >= 15 is 0 Å². The van der Waals surface area contributed by atoms with E-state index in [0.29, 0.717) is 30.0 Å². The van der Waals surface area contributed by atoms with Crippen LogP contribution in [0.2, 0.25) is 0 Å². The minimum atomic E-state index is 0.222. The molecule has 1 aliphatic heterocycles. The Bertz CT molecular complexity index is 763. The van der Waals surface area contributed by atoms with Gasteiger partial charge < -0.3 is 25.4 Å². The van der Waals surface area contributed by atoms with E-state index in [1.807, 2.05) is 44.2 Å². The van der Waals surface area contributed by atoms with Gasteiger partial charge in [0.05, 0.1) is 12.7 Å². The summed E-state index contributed by atoms with van der Waals surface area (Å²) in [5.41, 5.74) is 1.75. The van der Waals surface area contributed by atoms with Gasteiger partial charge in [-0.15, -0.1) is 0 Å². The number of nitrogens with one attached hydrogen (secondary N) is 3. The van der Waals surface area contributed by atoms with Gasteiger partial charge in [0.15, 0.2) is 5.11 Å². The number of hydrogen-bond acceptors (Lipinski definition) is 6. The summed E-state index contributed by atoms with van der Waals surface area (Å²) >= 11 is 5.33. The Morgan fingerprint density at radius 1 is 1.30 bits per heavy atom. The first-order valence-corrected chi connectivity index (χ1v) is 9.55. The zero-order valence-electron chi connectivity index (χ0n) is 15.6. The average molecular weight is 388 g/mol. The van der Waals surface area contributed by atoms with Crippen LogP contribution in [0.1, 0.15) is 25.5 Å². The fourth-order valence-electron chi connectivity index (χ4n) is 2.80. The molecule has 1 fully saturated rings. The number of thiocarbonyl (C=S) groups is 1. The molecule has 0 bridgehead atoms. The number of rotatable bonds is 7. The minimum Gasteiger partial charge on any atom is -0.494 e. The van der Waals surface area contributed by atoms with E-state index in [1.165, 1.54) is 0 Å². The van der Waals surface area contributed by atoms with E-state index in [0.717, 1.165) is 36.6 Å². The Morgan fingerprint density at radius 2 is 2.11 bits per heavy atom. The van der Waals surface area contributed by atoms with Crippen molar-refractivity contribution in [2.45, 2.75) is 32.8 Å². The molecular formula is C19H25N5O2S. The van der Waals surface area contributed by atoms with Crippen LogP contribution in [0.3, 0.4) is 0 Å². The highest BCUT2D eigenvalue weighted by atomic mass is 32.1. The number of nitrogens with zero attached hydrogens (tertiary/aromatic N) is 2. The van der Waals surface area contributed by atoms with Crippen LogP contribution in [-0.2, 0) is 4.74 Å². The van der Waals surface area contributed by atoms with E-state index < -0.39 is 0 Å². The summed E-state index contributed by atoms with van der Waals surface area (Å²) in [6.07, 6.45) is 2.39. The van der Waals surface area contributed by atoms with Gasteiger partial charge >= 0.3 is 0 Å². The highest BCUT2D eigenvalue weighted by Crippen LogP contribution is 2.20. The molecular weight excluding hydrogens is 362 g/mol. The standard InChI is InChI=1S/C19H25N5O2S/c1-3-25-15-8-6-14(7-9-15)22-17-11-13(2)21-18(23-17)24-19(27)20-12-16-5-4-10-26-16/h6-9,11,16H,3-5,10,12H2,1-2H3,(H3,20,21,22,23,24,27)/t16-/m1/s1. The molecule has 0 radical (unpaired) electrons. The second kappa shape index (κ2) is 9.48. The zero-order chi connectivity index (χ0) is 19.1. The van der Waals surface area contributed by atoms with Crippen molar-refractivity contribution in [3.05, 3.63) is 36.0 Å². The van der Waals surface area contributed by atoms with E-state index in [1.54, 1.807) is 0 Å². The molecule has 3 N–H and O–H groups in total. The fraction of sp³-hybridized carbons (Fsp3) is 0.421. The van der Waals surface area contributed by atoms with Crippen LogP contribution < -0.4 is 20.7 Å². The Labute approximate surface area is 164 Å². The number of benzene rings is 1. The third-order valence-electron chi connectivity index (χ3n) is 4.03. The van der Waals surface area contributed by atoms with Crippen LogP contribution >= 0.6 is 12.2 Å². The summed E-state index contributed by atoms with van der Waals surface area (Å²) in [7, 11) is 0. The molecule has 1 aromatic heterocycles. The lowest BCUT2D eigenvalue weighted by molar-refractivity contribution is 0.114. The normalized spacial score (nSPS) is 16.0. The molecule has 1 saturated heterocycles. The Hall–Kier alpha value is -2.45. The van der Waals surface area contributed by atoms with Gasteiger partial charge in [-0.25, -0.2) is 4.98 Å². The summed E-state index contributed by atoms with van der Waals surface area (Å²) in [5.74, 6) is 1.98. The highest BCUT2D eigenvalue weighted by Gasteiger charge is 2.15. The maximum atomic E-state index is 5.58. The van der Waals surface area contributed by atoms with Crippen LogP contribution in [0.15, 0.2) is 30.3 Å². The number of aromatic nitrogens is 2.